The van der Waals surface area contributed by atoms with Crippen molar-refractivity contribution in [3.63, 3.8) is 0 Å². The summed E-state index contributed by atoms with van der Waals surface area (Å²) in [6, 6.07) is 3.85. The molecule has 0 saturated heterocycles. The van der Waals surface area contributed by atoms with Crippen molar-refractivity contribution in [1.29, 1.82) is 0 Å². The second kappa shape index (κ2) is 6.39. The van der Waals surface area contributed by atoms with E-state index < -0.39 is 0 Å². The number of thiophene rings is 1. The summed E-state index contributed by atoms with van der Waals surface area (Å²) in [6.45, 7) is 2.94. The first-order valence-corrected chi connectivity index (χ1v) is 8.35. The van der Waals surface area contributed by atoms with E-state index in [4.69, 9.17) is 0 Å². The lowest BCUT2D eigenvalue weighted by Gasteiger charge is -2.15. The van der Waals surface area contributed by atoms with Gasteiger partial charge in [-0.2, -0.15) is 0 Å². The van der Waals surface area contributed by atoms with Crippen LogP contribution in [0.2, 0.25) is 0 Å². The van der Waals surface area contributed by atoms with Gasteiger partial charge in [-0.25, -0.2) is 0 Å². The van der Waals surface area contributed by atoms with Crippen molar-refractivity contribution in [2.45, 2.75) is 51.6 Å². The second-order valence-electron chi connectivity index (χ2n) is 5.48. The fraction of sp³-hybridized carbons (Fsp3) is 0.533. The van der Waals surface area contributed by atoms with Crippen molar-refractivity contribution in [2.24, 2.45) is 0 Å². The Kier molecular flexibility index (Phi) is 4.34. The number of carbonyl (C=O) groups is 1. The Balaban J connectivity index is 1.66. The van der Waals surface area contributed by atoms with Gasteiger partial charge in [0, 0.05) is 17.8 Å². The first-order chi connectivity index (χ1) is 10.2. The van der Waals surface area contributed by atoms with Crippen molar-refractivity contribution in [3.8, 4) is 0 Å². The lowest BCUT2D eigenvalue weighted by Crippen LogP contribution is -2.30. The van der Waals surface area contributed by atoms with Gasteiger partial charge in [0.25, 0.3) is 0 Å². The number of hydrogen-bond donors (Lipinski definition) is 1. The highest BCUT2D eigenvalue weighted by Crippen LogP contribution is 2.19. The van der Waals surface area contributed by atoms with Crippen LogP contribution in [0.15, 0.2) is 17.5 Å². The number of nitrogens with zero attached hydrogens (tertiary/aromatic N) is 3. The van der Waals surface area contributed by atoms with E-state index in [9.17, 15) is 4.79 Å². The topological polar surface area (TPSA) is 59.8 Å². The monoisotopic (exact) mass is 304 g/mol. The third kappa shape index (κ3) is 3.32. The first-order valence-electron chi connectivity index (χ1n) is 7.48. The number of amides is 1. The molecule has 2 aromatic rings. The average Bonchev–Trinajstić information content (AvgIpc) is 3.04. The molecule has 112 valence electrons. The molecule has 3 heterocycles. The summed E-state index contributed by atoms with van der Waals surface area (Å²) >= 11 is 1.61. The van der Waals surface area contributed by atoms with E-state index >= 15 is 0 Å². The summed E-state index contributed by atoms with van der Waals surface area (Å²) in [5, 5.41) is 13.6. The molecule has 2 aromatic heterocycles. The van der Waals surface area contributed by atoms with Gasteiger partial charge < -0.3 is 9.88 Å². The molecule has 1 atom stereocenters. The van der Waals surface area contributed by atoms with Gasteiger partial charge in [-0.3, -0.25) is 4.79 Å². The molecule has 3 rings (SSSR count). The Bertz CT molecular complexity index is 605. The molecule has 1 aliphatic heterocycles. The van der Waals surface area contributed by atoms with Crippen molar-refractivity contribution >= 4 is 17.2 Å². The van der Waals surface area contributed by atoms with Gasteiger partial charge in [0.1, 0.15) is 5.82 Å². The normalized spacial score (nSPS) is 16.0. The van der Waals surface area contributed by atoms with Crippen molar-refractivity contribution in [3.05, 3.63) is 34.0 Å². The molecule has 0 unspecified atom stereocenters. The molecule has 0 aromatic carbocycles. The van der Waals surface area contributed by atoms with Gasteiger partial charge in [0.2, 0.25) is 5.91 Å². The number of fused-ring (bicyclic) bond motifs is 1. The molecule has 1 amide bonds. The number of nitrogens with one attached hydrogen (secondary N) is 1. The van der Waals surface area contributed by atoms with Crippen LogP contribution in [0.3, 0.4) is 0 Å². The van der Waals surface area contributed by atoms with Crippen LogP contribution in [0.5, 0.6) is 0 Å². The summed E-state index contributed by atoms with van der Waals surface area (Å²) in [5.41, 5.74) is 0. The van der Waals surface area contributed by atoms with E-state index in [0.29, 0.717) is 6.42 Å². The van der Waals surface area contributed by atoms with Crippen LogP contribution in [-0.4, -0.2) is 20.7 Å². The molecular formula is C15H20N4OS. The van der Waals surface area contributed by atoms with Crippen LogP contribution >= 0.6 is 11.3 Å². The summed E-state index contributed by atoms with van der Waals surface area (Å²) in [7, 11) is 0. The highest BCUT2D eigenvalue weighted by atomic mass is 32.1. The van der Waals surface area contributed by atoms with Crippen LogP contribution < -0.4 is 5.32 Å². The van der Waals surface area contributed by atoms with E-state index in [1.54, 1.807) is 11.3 Å². The molecule has 0 spiro atoms. The number of hydrogen-bond acceptors (Lipinski definition) is 4. The van der Waals surface area contributed by atoms with E-state index in [1.165, 1.54) is 12.8 Å². The number of aryl methyl sites for hydroxylation is 1. The Hall–Kier alpha value is -1.69. The van der Waals surface area contributed by atoms with Crippen LogP contribution in [0.1, 0.15) is 48.8 Å². The van der Waals surface area contributed by atoms with Gasteiger partial charge in [-0.05, 0) is 31.2 Å². The molecule has 0 aliphatic carbocycles. The minimum absolute atomic E-state index is 0.0379. The Labute approximate surface area is 128 Å². The minimum atomic E-state index is -0.100. The molecule has 0 fully saturated rings. The zero-order valence-corrected chi connectivity index (χ0v) is 13.0. The molecule has 6 heteroatoms. The highest BCUT2D eigenvalue weighted by molar-refractivity contribution is 7.10. The zero-order valence-electron chi connectivity index (χ0n) is 12.2. The molecule has 1 aliphatic rings. The van der Waals surface area contributed by atoms with E-state index in [0.717, 1.165) is 35.9 Å². The van der Waals surface area contributed by atoms with Crippen LogP contribution in [0, 0.1) is 0 Å². The number of carbonyl (C=O) groups excluding carboxylic acids is 1. The maximum Gasteiger partial charge on any atom is 0.225 e. The van der Waals surface area contributed by atoms with Gasteiger partial charge in [-0.15, -0.1) is 21.5 Å². The fourth-order valence-electron chi connectivity index (χ4n) is 2.76. The molecule has 21 heavy (non-hydrogen) atoms. The number of aromatic nitrogens is 3. The Morgan fingerprint density at radius 3 is 3.14 bits per heavy atom. The summed E-state index contributed by atoms with van der Waals surface area (Å²) < 4.78 is 2.18. The van der Waals surface area contributed by atoms with Crippen LogP contribution in [0.4, 0.5) is 0 Å². The molecular weight excluding hydrogens is 284 g/mol. The predicted molar refractivity (Wildman–Crippen MR) is 82.2 cm³/mol. The lowest BCUT2D eigenvalue weighted by molar-refractivity contribution is -0.121. The van der Waals surface area contributed by atoms with E-state index in [1.807, 2.05) is 24.4 Å². The van der Waals surface area contributed by atoms with E-state index in [2.05, 4.69) is 20.1 Å². The fourth-order valence-corrected chi connectivity index (χ4v) is 3.46. The van der Waals surface area contributed by atoms with Crippen LogP contribution in [0.25, 0.3) is 0 Å². The lowest BCUT2D eigenvalue weighted by atomic mass is 10.2. The Morgan fingerprint density at radius 1 is 1.43 bits per heavy atom. The van der Waals surface area contributed by atoms with Gasteiger partial charge in [-0.1, -0.05) is 12.5 Å². The smallest absolute Gasteiger partial charge is 0.225 e. The van der Waals surface area contributed by atoms with Gasteiger partial charge >= 0.3 is 0 Å². The second-order valence-corrected chi connectivity index (χ2v) is 6.51. The first kappa shape index (κ1) is 14.3. The molecule has 1 N–H and O–H groups in total. The van der Waals surface area contributed by atoms with Crippen molar-refractivity contribution in [2.75, 3.05) is 0 Å². The van der Waals surface area contributed by atoms with E-state index in [-0.39, 0.29) is 11.9 Å². The highest BCUT2D eigenvalue weighted by Gasteiger charge is 2.20. The molecule has 5 nitrogen and oxygen atoms in total. The molecule has 0 radical (unpaired) electrons. The molecule has 0 bridgehead atoms. The minimum Gasteiger partial charge on any atom is -0.346 e. The van der Waals surface area contributed by atoms with Gasteiger partial charge in [0.05, 0.1) is 12.5 Å². The predicted octanol–water partition coefficient (Wildman–Crippen LogP) is 2.49. The number of rotatable bonds is 4. The van der Waals surface area contributed by atoms with Crippen LogP contribution in [-0.2, 0) is 24.2 Å². The summed E-state index contributed by atoms with van der Waals surface area (Å²) in [5.74, 6) is 1.98. The average molecular weight is 304 g/mol. The summed E-state index contributed by atoms with van der Waals surface area (Å²) in [6.07, 6.45) is 5.00. The zero-order chi connectivity index (χ0) is 14.7. The maximum atomic E-state index is 12.1. The van der Waals surface area contributed by atoms with Crippen molar-refractivity contribution in [1.82, 2.24) is 20.1 Å². The molecule has 0 saturated carbocycles. The summed E-state index contributed by atoms with van der Waals surface area (Å²) in [4.78, 5) is 13.2. The third-order valence-electron chi connectivity index (χ3n) is 3.82. The standard InChI is InChI=1S/C15H20N4OS/c1-11(16-14(20)10-12-6-5-9-21-12)15-18-17-13-7-3-2-4-8-19(13)15/h5-6,9,11H,2-4,7-8,10H2,1H3,(H,16,20)/t11-/m0/s1. The van der Waals surface area contributed by atoms with Crippen molar-refractivity contribution < 1.29 is 4.79 Å². The van der Waals surface area contributed by atoms with Gasteiger partial charge in [0.15, 0.2) is 5.82 Å². The Morgan fingerprint density at radius 2 is 2.33 bits per heavy atom. The quantitative estimate of drug-likeness (QED) is 0.944. The SMILES string of the molecule is C[C@H](NC(=O)Cc1cccs1)c1nnc2n1CCCCC2. The largest absolute Gasteiger partial charge is 0.346 e. The maximum absolute atomic E-state index is 12.1. The third-order valence-corrected chi connectivity index (χ3v) is 4.69.